The van der Waals surface area contributed by atoms with Gasteiger partial charge < -0.3 is 16.8 Å². The third kappa shape index (κ3) is 3.67. The third-order valence-electron chi connectivity index (χ3n) is 4.82. The van der Waals surface area contributed by atoms with E-state index in [4.69, 9.17) is 11.5 Å². The van der Waals surface area contributed by atoms with Crippen LogP contribution in [0.3, 0.4) is 0 Å². The maximum atomic E-state index is 11.9. The van der Waals surface area contributed by atoms with Gasteiger partial charge in [0.25, 0.3) is 11.8 Å². The van der Waals surface area contributed by atoms with E-state index in [0.717, 1.165) is 15.9 Å². The first-order valence-corrected chi connectivity index (χ1v) is 9.66. The summed E-state index contributed by atoms with van der Waals surface area (Å²) in [7, 11) is 3.71. The molecule has 9 heteroatoms. The van der Waals surface area contributed by atoms with Crippen LogP contribution in [0.25, 0.3) is 10.2 Å². The lowest BCUT2D eigenvalue weighted by Crippen LogP contribution is -2.56. The van der Waals surface area contributed by atoms with Gasteiger partial charge in [-0.25, -0.2) is 4.98 Å². The number of likely N-dealkylation sites (N-methyl/N-ethyl adjacent to an activating group) is 1. The second kappa shape index (κ2) is 7.53. The van der Waals surface area contributed by atoms with Crippen LogP contribution < -0.4 is 21.3 Å². The van der Waals surface area contributed by atoms with Gasteiger partial charge in [-0.1, -0.05) is 6.92 Å². The molecular formula is C19H23N6O2S+. The van der Waals surface area contributed by atoms with Gasteiger partial charge in [0, 0.05) is 18.2 Å². The average Bonchev–Trinajstić information content (AvgIpc) is 3.09. The minimum atomic E-state index is -0.594. The first-order chi connectivity index (χ1) is 13.2. The predicted octanol–water partition coefficient (Wildman–Crippen LogP) is 2.36. The molecule has 2 heterocycles. The number of carbonyl (C=O) groups excluding carboxylic acids is 2. The molecule has 8 nitrogen and oxygen atoms in total. The summed E-state index contributed by atoms with van der Waals surface area (Å²) in [6.45, 7) is 1.90. The molecule has 0 fully saturated rings. The van der Waals surface area contributed by atoms with E-state index in [-0.39, 0.29) is 10.0 Å². The van der Waals surface area contributed by atoms with Crippen LogP contribution in [0.15, 0.2) is 35.8 Å². The highest BCUT2D eigenvalue weighted by molar-refractivity contribution is 7.16. The van der Waals surface area contributed by atoms with Crippen molar-refractivity contribution >= 4 is 50.7 Å². The highest BCUT2D eigenvalue weighted by Crippen LogP contribution is 2.29. The van der Waals surface area contributed by atoms with E-state index in [2.05, 4.69) is 15.3 Å². The zero-order chi connectivity index (χ0) is 20.5. The maximum absolute atomic E-state index is 11.9. The van der Waals surface area contributed by atoms with Crippen LogP contribution >= 0.6 is 11.3 Å². The van der Waals surface area contributed by atoms with Gasteiger partial charge in [0.2, 0.25) is 5.82 Å². The van der Waals surface area contributed by atoms with E-state index in [1.54, 1.807) is 29.0 Å². The Labute approximate surface area is 166 Å². The Morgan fingerprint density at radius 2 is 1.96 bits per heavy atom. The number of primary amides is 2. The number of nitrogens with two attached hydrogens (primary N) is 2. The van der Waals surface area contributed by atoms with Gasteiger partial charge in [0.05, 0.1) is 35.4 Å². The minimum absolute atomic E-state index is 0.157. The average molecular weight is 400 g/mol. The Balaban J connectivity index is 2.04. The molecule has 146 valence electrons. The predicted molar refractivity (Wildman–Crippen MR) is 113 cm³/mol. The largest absolute Gasteiger partial charge is 0.365 e. The van der Waals surface area contributed by atoms with Crippen molar-refractivity contribution < 1.29 is 9.59 Å². The first-order valence-electron chi connectivity index (χ1n) is 8.78. The summed E-state index contributed by atoms with van der Waals surface area (Å²) < 4.78 is 1.22. The zero-order valence-electron chi connectivity index (χ0n) is 16.0. The summed E-state index contributed by atoms with van der Waals surface area (Å²) >= 11 is 1.55. The number of benzene rings is 1. The molecule has 1 aromatic carbocycles. The Hall–Kier alpha value is -3.04. The van der Waals surface area contributed by atoms with E-state index in [0.29, 0.717) is 18.1 Å². The summed E-state index contributed by atoms with van der Waals surface area (Å²) in [5, 5.41) is 3.16. The zero-order valence-corrected chi connectivity index (χ0v) is 16.8. The quantitative estimate of drug-likeness (QED) is 0.526. The maximum Gasteiger partial charge on any atom is 0.276 e. The van der Waals surface area contributed by atoms with Gasteiger partial charge in [0.15, 0.2) is 6.04 Å². The van der Waals surface area contributed by atoms with Crippen molar-refractivity contribution in [3.8, 4) is 0 Å². The number of hydrogen-bond donors (Lipinski definition) is 3. The second-order valence-corrected chi connectivity index (χ2v) is 7.84. The van der Waals surface area contributed by atoms with Crippen molar-refractivity contribution in [1.29, 1.82) is 0 Å². The molecule has 0 spiro atoms. The van der Waals surface area contributed by atoms with E-state index in [9.17, 15) is 9.59 Å². The Kier molecular flexibility index (Phi) is 5.30. The van der Waals surface area contributed by atoms with Crippen molar-refractivity contribution in [2.75, 3.05) is 19.4 Å². The lowest BCUT2D eigenvalue weighted by atomic mass is 10.1. The molecule has 28 heavy (non-hydrogen) atoms. The summed E-state index contributed by atoms with van der Waals surface area (Å²) in [5.41, 5.74) is 14.7. The molecule has 0 saturated carbocycles. The lowest BCUT2D eigenvalue weighted by molar-refractivity contribution is -0.122. The normalized spacial score (nSPS) is 12.7. The molecule has 0 bridgehead atoms. The summed E-state index contributed by atoms with van der Waals surface area (Å²) in [6, 6.07) is 8.57. The van der Waals surface area contributed by atoms with Crippen molar-refractivity contribution in [2.45, 2.75) is 19.4 Å². The molecule has 0 radical (unpaired) electrons. The highest BCUT2D eigenvalue weighted by Gasteiger charge is 2.35. The smallest absolute Gasteiger partial charge is 0.276 e. The number of anilines is 2. The van der Waals surface area contributed by atoms with Gasteiger partial charge in [-0.15, -0.1) is 11.3 Å². The molecule has 0 aliphatic rings. The fourth-order valence-electron chi connectivity index (χ4n) is 3.27. The Bertz CT molecular complexity index is 1050. The van der Waals surface area contributed by atoms with E-state index < -0.39 is 17.9 Å². The molecule has 3 aromatic rings. The molecule has 0 aliphatic heterocycles. The van der Waals surface area contributed by atoms with E-state index in [1.165, 1.54) is 0 Å². The molecule has 2 amide bonds. The van der Waals surface area contributed by atoms with Gasteiger partial charge in [-0.2, -0.15) is 4.98 Å². The number of rotatable bonds is 7. The number of amides is 2. The topological polar surface area (TPSA) is 124 Å². The summed E-state index contributed by atoms with van der Waals surface area (Å²) in [6.07, 6.45) is 0.560. The fraction of sp³-hybridized carbons (Fsp3) is 0.263. The number of thiazole rings is 1. The highest BCUT2D eigenvalue weighted by atomic mass is 32.1. The number of quaternary nitrogens is 1. The van der Waals surface area contributed by atoms with Gasteiger partial charge in [-0.05, 0) is 24.3 Å². The van der Waals surface area contributed by atoms with Gasteiger partial charge in [-0.3, -0.25) is 14.1 Å². The number of nitrogens with one attached hydrogen (secondary N) is 1. The van der Waals surface area contributed by atoms with Gasteiger partial charge >= 0.3 is 0 Å². The van der Waals surface area contributed by atoms with Crippen molar-refractivity contribution in [2.24, 2.45) is 11.5 Å². The molecule has 2 aromatic heterocycles. The van der Waals surface area contributed by atoms with Gasteiger partial charge in [0.1, 0.15) is 5.82 Å². The molecule has 1 atom stereocenters. The molecule has 0 aliphatic carbocycles. The fourth-order valence-corrected chi connectivity index (χ4v) is 3.93. The number of fused-ring (bicyclic) bond motifs is 1. The lowest BCUT2D eigenvalue weighted by Gasteiger charge is -2.34. The van der Waals surface area contributed by atoms with Crippen molar-refractivity contribution in [1.82, 2.24) is 14.5 Å². The van der Waals surface area contributed by atoms with Crippen LogP contribution in [0.2, 0.25) is 0 Å². The second-order valence-electron chi connectivity index (χ2n) is 6.96. The van der Waals surface area contributed by atoms with Crippen LogP contribution in [0.5, 0.6) is 0 Å². The van der Waals surface area contributed by atoms with Crippen molar-refractivity contribution in [3.63, 3.8) is 0 Å². The van der Waals surface area contributed by atoms with Crippen LogP contribution in [-0.4, -0.2) is 41.9 Å². The Morgan fingerprint density at radius 1 is 1.21 bits per heavy atom. The number of nitrogens with zero attached hydrogens (tertiary/aromatic N) is 3. The first kappa shape index (κ1) is 19.7. The third-order valence-corrected chi connectivity index (χ3v) is 5.63. The number of pyridine rings is 1. The van der Waals surface area contributed by atoms with Crippen LogP contribution in [-0.2, 0) is 4.79 Å². The van der Waals surface area contributed by atoms with Crippen LogP contribution in [0, 0.1) is 0 Å². The standard InChI is InChI=1S/C19H22N6O2S/c1-4-14(18(21)27)25(2,3)16-8-6-12(17(20)26)19(24-16)23-11-5-7-15-13(9-11)22-10-28-15/h5-10,14H,4H2,1-3H3,(H4-,20,21,23,24,26,27)/p+1. The monoisotopic (exact) mass is 399 g/mol. The minimum Gasteiger partial charge on any atom is -0.365 e. The van der Waals surface area contributed by atoms with Crippen LogP contribution in [0.1, 0.15) is 23.7 Å². The molecule has 0 saturated heterocycles. The van der Waals surface area contributed by atoms with Crippen LogP contribution in [0.4, 0.5) is 17.3 Å². The summed E-state index contributed by atoms with van der Waals surface area (Å²) in [4.78, 5) is 32.7. The SMILES string of the molecule is CCC(C(N)=O)[N+](C)(C)c1ccc(C(N)=O)c(Nc2ccc3scnc3c2)n1. The van der Waals surface area contributed by atoms with Crippen molar-refractivity contribution in [3.05, 3.63) is 41.4 Å². The number of aromatic nitrogens is 2. The molecule has 5 N–H and O–H groups in total. The summed E-state index contributed by atoms with van der Waals surface area (Å²) in [5.74, 6) is -0.0849. The van der Waals surface area contributed by atoms with E-state index >= 15 is 0 Å². The molecular weight excluding hydrogens is 376 g/mol. The molecule has 1 unspecified atom stereocenters. The van der Waals surface area contributed by atoms with E-state index in [1.807, 2.05) is 39.2 Å². The Morgan fingerprint density at radius 3 is 2.61 bits per heavy atom. The number of hydrogen-bond acceptors (Lipinski definition) is 6. The molecule has 3 rings (SSSR count). The number of carbonyl (C=O) groups is 2.